The quantitative estimate of drug-likeness (QED) is 0.563. The fourth-order valence-electron chi connectivity index (χ4n) is 4.00. The highest BCUT2D eigenvalue weighted by molar-refractivity contribution is 6.04. The van der Waals surface area contributed by atoms with E-state index in [0.29, 0.717) is 29.9 Å². The lowest BCUT2D eigenvalue weighted by Gasteiger charge is -2.27. The molecule has 4 rings (SSSR count). The number of nitrogens with zero attached hydrogens (tertiary/aromatic N) is 3. The summed E-state index contributed by atoms with van der Waals surface area (Å²) in [4.78, 5) is 39.4. The Kier molecular flexibility index (Phi) is 7.01. The highest BCUT2D eigenvalue weighted by Gasteiger charge is 2.29. The van der Waals surface area contributed by atoms with Crippen molar-refractivity contribution < 1.29 is 18.8 Å². The Bertz CT molecular complexity index is 1210. The molecule has 0 fully saturated rings. The van der Waals surface area contributed by atoms with Crippen LogP contribution in [0.4, 0.5) is 10.1 Å². The van der Waals surface area contributed by atoms with Gasteiger partial charge in [0, 0.05) is 68.5 Å². The molecule has 2 N–H and O–H groups in total. The molecule has 0 bridgehead atoms. The third-order valence-corrected chi connectivity index (χ3v) is 5.84. The second kappa shape index (κ2) is 10.3. The van der Waals surface area contributed by atoms with Crippen molar-refractivity contribution in [3.8, 4) is 0 Å². The molecule has 0 saturated carbocycles. The van der Waals surface area contributed by atoms with E-state index in [1.165, 1.54) is 6.07 Å². The van der Waals surface area contributed by atoms with Crippen LogP contribution in [0.25, 0.3) is 0 Å². The number of benzene rings is 2. The molecule has 3 aromatic rings. The number of hydrogen-bond acceptors (Lipinski definition) is 4. The predicted octanol–water partition coefficient (Wildman–Crippen LogP) is 2.79. The maximum Gasteiger partial charge on any atom is 0.276 e. The standard InChI is InChI=1S/C25H26FN5O3/c1-30-21-13-14-31(16-19(21)24(29-30)25(34)28-18-8-3-2-4-9-18)23(33)12-11-22(32)27-15-17-7-5-6-10-20(17)26/h2-10H,11-16H2,1H3,(H,27,32)(H,28,34). The summed E-state index contributed by atoms with van der Waals surface area (Å²) in [5.41, 5.74) is 2.99. The molecule has 1 aromatic heterocycles. The number of hydrogen-bond donors (Lipinski definition) is 2. The number of aromatic nitrogens is 2. The second-order valence-corrected chi connectivity index (χ2v) is 8.15. The molecule has 0 radical (unpaired) electrons. The van der Waals surface area contributed by atoms with E-state index in [9.17, 15) is 18.8 Å². The fourth-order valence-corrected chi connectivity index (χ4v) is 4.00. The molecule has 2 aromatic carbocycles. The summed E-state index contributed by atoms with van der Waals surface area (Å²) in [6, 6.07) is 15.3. The molecular formula is C25H26FN5O3. The molecule has 0 unspecified atom stereocenters. The number of nitrogens with one attached hydrogen (secondary N) is 2. The van der Waals surface area contributed by atoms with Crippen LogP contribution in [0.5, 0.6) is 0 Å². The van der Waals surface area contributed by atoms with Crippen molar-refractivity contribution in [2.24, 2.45) is 7.05 Å². The predicted molar refractivity (Wildman–Crippen MR) is 124 cm³/mol. The number of fused-ring (bicyclic) bond motifs is 1. The van der Waals surface area contributed by atoms with E-state index < -0.39 is 0 Å². The van der Waals surface area contributed by atoms with Gasteiger partial charge in [0.2, 0.25) is 11.8 Å². The van der Waals surface area contributed by atoms with Gasteiger partial charge in [0.05, 0.1) is 0 Å². The van der Waals surface area contributed by atoms with Gasteiger partial charge in [-0.15, -0.1) is 0 Å². The first-order chi connectivity index (χ1) is 16.4. The Labute approximate surface area is 196 Å². The number of aryl methyl sites for hydroxylation is 1. The number of anilines is 1. The molecule has 0 atom stereocenters. The van der Waals surface area contributed by atoms with Crippen LogP contribution in [-0.4, -0.2) is 38.9 Å². The Balaban J connectivity index is 1.34. The molecule has 0 saturated heterocycles. The largest absolute Gasteiger partial charge is 0.352 e. The first-order valence-corrected chi connectivity index (χ1v) is 11.1. The third-order valence-electron chi connectivity index (χ3n) is 5.84. The first-order valence-electron chi connectivity index (χ1n) is 11.1. The maximum absolute atomic E-state index is 13.7. The van der Waals surface area contributed by atoms with Gasteiger partial charge in [0.25, 0.3) is 5.91 Å². The van der Waals surface area contributed by atoms with Crippen molar-refractivity contribution >= 4 is 23.4 Å². The summed E-state index contributed by atoms with van der Waals surface area (Å²) < 4.78 is 15.4. The van der Waals surface area contributed by atoms with E-state index in [1.807, 2.05) is 18.2 Å². The van der Waals surface area contributed by atoms with Crippen LogP contribution >= 0.6 is 0 Å². The van der Waals surface area contributed by atoms with E-state index in [0.717, 1.165) is 11.3 Å². The zero-order valence-electron chi connectivity index (χ0n) is 18.9. The normalized spacial score (nSPS) is 12.7. The summed E-state index contributed by atoms with van der Waals surface area (Å²) in [5.74, 6) is -1.21. The summed E-state index contributed by atoms with van der Waals surface area (Å²) in [7, 11) is 1.79. The van der Waals surface area contributed by atoms with Crippen molar-refractivity contribution in [3.05, 3.63) is 82.9 Å². The van der Waals surface area contributed by atoms with Gasteiger partial charge in [-0.3, -0.25) is 19.1 Å². The Morgan fingerprint density at radius 3 is 2.53 bits per heavy atom. The molecule has 0 spiro atoms. The number of carbonyl (C=O) groups excluding carboxylic acids is 3. The molecule has 0 aliphatic carbocycles. The van der Waals surface area contributed by atoms with Gasteiger partial charge in [0.15, 0.2) is 5.69 Å². The van der Waals surface area contributed by atoms with Gasteiger partial charge in [-0.2, -0.15) is 5.10 Å². The number of rotatable bonds is 7. The summed E-state index contributed by atoms with van der Waals surface area (Å²) in [6.07, 6.45) is 0.609. The lowest BCUT2D eigenvalue weighted by molar-refractivity contribution is -0.134. The van der Waals surface area contributed by atoms with Crippen molar-refractivity contribution in [3.63, 3.8) is 0 Å². The molecule has 176 valence electrons. The van der Waals surface area contributed by atoms with Crippen LogP contribution in [0.2, 0.25) is 0 Å². The second-order valence-electron chi connectivity index (χ2n) is 8.15. The lowest BCUT2D eigenvalue weighted by Crippen LogP contribution is -2.37. The molecule has 1 aliphatic heterocycles. The summed E-state index contributed by atoms with van der Waals surface area (Å²) >= 11 is 0. The molecule has 2 heterocycles. The minimum atomic E-state index is -0.383. The number of halogens is 1. The molecule has 3 amide bonds. The van der Waals surface area contributed by atoms with Crippen LogP contribution in [0.3, 0.4) is 0 Å². The molecule has 34 heavy (non-hydrogen) atoms. The minimum Gasteiger partial charge on any atom is -0.352 e. The van der Waals surface area contributed by atoms with Crippen LogP contribution in [-0.2, 0) is 36.1 Å². The molecule has 1 aliphatic rings. The van der Waals surface area contributed by atoms with Crippen LogP contribution in [0.15, 0.2) is 54.6 Å². The summed E-state index contributed by atoms with van der Waals surface area (Å²) in [6.45, 7) is 0.820. The highest BCUT2D eigenvalue weighted by Crippen LogP contribution is 2.24. The Hall–Kier alpha value is -4.01. The van der Waals surface area contributed by atoms with Gasteiger partial charge in [0.1, 0.15) is 5.82 Å². The van der Waals surface area contributed by atoms with Gasteiger partial charge >= 0.3 is 0 Å². The van der Waals surface area contributed by atoms with Gasteiger partial charge in [-0.05, 0) is 18.2 Å². The van der Waals surface area contributed by atoms with Crippen molar-refractivity contribution in [1.82, 2.24) is 20.0 Å². The fraction of sp³-hybridized carbons (Fsp3) is 0.280. The smallest absolute Gasteiger partial charge is 0.276 e. The third kappa shape index (κ3) is 5.31. The Morgan fingerprint density at radius 2 is 1.76 bits per heavy atom. The number of carbonyl (C=O) groups is 3. The first kappa shape index (κ1) is 23.2. The van der Waals surface area contributed by atoms with E-state index in [1.54, 1.807) is 47.0 Å². The average molecular weight is 464 g/mol. The Morgan fingerprint density at radius 1 is 1.03 bits per heavy atom. The van der Waals surface area contributed by atoms with Crippen molar-refractivity contribution in [2.45, 2.75) is 32.4 Å². The SMILES string of the molecule is Cn1nc(C(=O)Nc2ccccc2)c2c1CCN(C(=O)CCC(=O)NCc1ccccc1F)C2. The molecular weight excluding hydrogens is 437 g/mol. The maximum atomic E-state index is 13.7. The monoisotopic (exact) mass is 463 g/mol. The lowest BCUT2D eigenvalue weighted by atomic mass is 10.0. The van der Waals surface area contributed by atoms with E-state index in [-0.39, 0.29) is 49.5 Å². The minimum absolute atomic E-state index is 0.00499. The van der Waals surface area contributed by atoms with Crippen LogP contribution in [0.1, 0.15) is 40.2 Å². The van der Waals surface area contributed by atoms with Gasteiger partial charge < -0.3 is 15.5 Å². The number of amides is 3. The number of para-hydroxylation sites is 1. The van der Waals surface area contributed by atoms with E-state index in [4.69, 9.17) is 0 Å². The summed E-state index contributed by atoms with van der Waals surface area (Å²) in [5, 5.41) is 9.88. The molecule has 9 heteroatoms. The van der Waals surface area contributed by atoms with Crippen LogP contribution in [0, 0.1) is 5.82 Å². The zero-order valence-corrected chi connectivity index (χ0v) is 18.9. The van der Waals surface area contributed by atoms with Gasteiger partial charge in [-0.1, -0.05) is 36.4 Å². The van der Waals surface area contributed by atoms with Crippen molar-refractivity contribution in [2.75, 3.05) is 11.9 Å². The average Bonchev–Trinajstić information content (AvgIpc) is 3.18. The van der Waals surface area contributed by atoms with E-state index in [2.05, 4.69) is 15.7 Å². The van der Waals surface area contributed by atoms with Crippen molar-refractivity contribution in [1.29, 1.82) is 0 Å². The van der Waals surface area contributed by atoms with E-state index >= 15 is 0 Å². The van der Waals surface area contributed by atoms with Gasteiger partial charge in [-0.25, -0.2) is 4.39 Å². The molecule has 8 nitrogen and oxygen atoms in total. The zero-order chi connectivity index (χ0) is 24.1. The van der Waals surface area contributed by atoms with Crippen LogP contribution < -0.4 is 10.6 Å². The highest BCUT2D eigenvalue weighted by atomic mass is 19.1. The topological polar surface area (TPSA) is 96.3 Å².